The van der Waals surface area contributed by atoms with Crippen LogP contribution in [0.4, 0.5) is 0 Å². The van der Waals surface area contributed by atoms with Gasteiger partial charge in [0, 0.05) is 26.2 Å². The molecule has 1 unspecified atom stereocenters. The average Bonchev–Trinajstić information content (AvgIpc) is 2.28. The van der Waals surface area contributed by atoms with E-state index >= 15 is 0 Å². The molecule has 0 saturated carbocycles. The summed E-state index contributed by atoms with van der Waals surface area (Å²) < 4.78 is 5.11. The standard InChI is InChI=1S/C12H26N2O2/c1-5-8-11(10-16-4)13-9-12(15)14(6-2)7-3/h11,13H,5-10H2,1-4H3. The van der Waals surface area contributed by atoms with Gasteiger partial charge in [0.1, 0.15) is 0 Å². The maximum Gasteiger partial charge on any atom is 0.236 e. The first-order chi connectivity index (χ1) is 7.69. The number of carbonyl (C=O) groups excluding carboxylic acids is 1. The van der Waals surface area contributed by atoms with E-state index < -0.39 is 0 Å². The minimum Gasteiger partial charge on any atom is -0.383 e. The molecule has 0 heterocycles. The van der Waals surface area contributed by atoms with Gasteiger partial charge >= 0.3 is 0 Å². The first-order valence-corrected chi connectivity index (χ1v) is 6.19. The highest BCUT2D eigenvalue weighted by Crippen LogP contribution is 1.97. The molecule has 0 aliphatic rings. The molecule has 0 aromatic heterocycles. The molecule has 0 fully saturated rings. The molecule has 0 aromatic carbocycles. The van der Waals surface area contributed by atoms with Gasteiger partial charge in [-0.1, -0.05) is 13.3 Å². The molecule has 1 amide bonds. The van der Waals surface area contributed by atoms with Crippen LogP contribution in [-0.4, -0.2) is 50.2 Å². The molecule has 4 heteroatoms. The zero-order valence-corrected chi connectivity index (χ0v) is 11.1. The molecular weight excluding hydrogens is 204 g/mol. The third-order valence-electron chi connectivity index (χ3n) is 2.66. The Hall–Kier alpha value is -0.610. The predicted octanol–water partition coefficient (Wildman–Crippen LogP) is 1.26. The summed E-state index contributed by atoms with van der Waals surface area (Å²) >= 11 is 0. The molecule has 0 spiro atoms. The largest absolute Gasteiger partial charge is 0.383 e. The molecule has 1 N–H and O–H groups in total. The van der Waals surface area contributed by atoms with Gasteiger partial charge < -0.3 is 15.0 Å². The van der Waals surface area contributed by atoms with Crippen molar-refractivity contribution in [3.05, 3.63) is 0 Å². The van der Waals surface area contributed by atoms with E-state index in [1.165, 1.54) is 0 Å². The number of nitrogens with one attached hydrogen (secondary N) is 1. The zero-order valence-electron chi connectivity index (χ0n) is 11.1. The maximum atomic E-state index is 11.7. The third kappa shape index (κ3) is 6.08. The van der Waals surface area contributed by atoms with E-state index in [1.54, 1.807) is 7.11 Å². The van der Waals surface area contributed by atoms with Crippen molar-refractivity contribution in [2.45, 2.75) is 39.7 Å². The number of hydrogen-bond acceptors (Lipinski definition) is 3. The van der Waals surface area contributed by atoms with Crippen molar-refractivity contribution in [3.8, 4) is 0 Å². The lowest BCUT2D eigenvalue weighted by Crippen LogP contribution is -2.43. The molecule has 0 aromatic rings. The van der Waals surface area contributed by atoms with E-state index in [9.17, 15) is 4.79 Å². The smallest absolute Gasteiger partial charge is 0.236 e. The van der Waals surface area contributed by atoms with Gasteiger partial charge in [-0.15, -0.1) is 0 Å². The molecule has 0 aliphatic heterocycles. The fourth-order valence-corrected chi connectivity index (χ4v) is 1.71. The number of ether oxygens (including phenoxy) is 1. The van der Waals surface area contributed by atoms with Crippen molar-refractivity contribution >= 4 is 5.91 Å². The van der Waals surface area contributed by atoms with Gasteiger partial charge in [-0.05, 0) is 20.3 Å². The van der Waals surface area contributed by atoms with Gasteiger partial charge in [-0.25, -0.2) is 0 Å². The Kier molecular flexibility index (Phi) is 9.24. The van der Waals surface area contributed by atoms with Crippen LogP contribution in [0.2, 0.25) is 0 Å². The number of rotatable bonds is 9. The van der Waals surface area contributed by atoms with Crippen molar-refractivity contribution in [2.75, 3.05) is 33.4 Å². The number of amides is 1. The van der Waals surface area contributed by atoms with Crippen LogP contribution in [0.15, 0.2) is 0 Å². The highest BCUT2D eigenvalue weighted by Gasteiger charge is 2.12. The van der Waals surface area contributed by atoms with E-state index in [1.807, 2.05) is 18.7 Å². The number of likely N-dealkylation sites (N-methyl/N-ethyl adjacent to an activating group) is 1. The minimum atomic E-state index is 0.169. The SMILES string of the molecule is CCCC(COC)NCC(=O)N(CC)CC. The van der Waals surface area contributed by atoms with Gasteiger partial charge in [0.2, 0.25) is 5.91 Å². The summed E-state index contributed by atoms with van der Waals surface area (Å²) in [5.74, 6) is 0.169. The average molecular weight is 230 g/mol. The molecule has 0 radical (unpaired) electrons. The normalized spacial score (nSPS) is 12.5. The van der Waals surface area contributed by atoms with Crippen molar-refractivity contribution in [3.63, 3.8) is 0 Å². The van der Waals surface area contributed by atoms with Crippen LogP contribution in [-0.2, 0) is 9.53 Å². The Morgan fingerprint density at radius 1 is 1.31 bits per heavy atom. The molecule has 96 valence electrons. The Morgan fingerprint density at radius 2 is 1.94 bits per heavy atom. The Labute approximate surface area is 99.3 Å². The minimum absolute atomic E-state index is 0.169. The van der Waals surface area contributed by atoms with Crippen LogP contribution < -0.4 is 5.32 Å². The van der Waals surface area contributed by atoms with Crippen LogP contribution in [0, 0.1) is 0 Å². The molecule has 0 aliphatic carbocycles. The van der Waals surface area contributed by atoms with Crippen LogP contribution in [0.1, 0.15) is 33.6 Å². The highest BCUT2D eigenvalue weighted by molar-refractivity contribution is 5.78. The first-order valence-electron chi connectivity index (χ1n) is 6.19. The van der Waals surface area contributed by atoms with Gasteiger partial charge in [0.25, 0.3) is 0 Å². The molecular formula is C12H26N2O2. The predicted molar refractivity (Wildman–Crippen MR) is 66.5 cm³/mol. The topological polar surface area (TPSA) is 41.6 Å². The summed E-state index contributed by atoms with van der Waals surface area (Å²) in [6.45, 7) is 8.77. The Bertz CT molecular complexity index is 176. The van der Waals surface area contributed by atoms with E-state index in [0.717, 1.165) is 25.9 Å². The summed E-state index contributed by atoms with van der Waals surface area (Å²) in [4.78, 5) is 13.6. The van der Waals surface area contributed by atoms with Gasteiger partial charge in [0.05, 0.1) is 13.2 Å². The maximum absolute atomic E-state index is 11.7. The molecule has 16 heavy (non-hydrogen) atoms. The van der Waals surface area contributed by atoms with Crippen molar-refractivity contribution in [2.24, 2.45) is 0 Å². The fraction of sp³-hybridized carbons (Fsp3) is 0.917. The van der Waals surface area contributed by atoms with Gasteiger partial charge in [0.15, 0.2) is 0 Å². The first kappa shape index (κ1) is 15.4. The second kappa shape index (κ2) is 9.60. The lowest BCUT2D eigenvalue weighted by molar-refractivity contribution is -0.130. The Morgan fingerprint density at radius 3 is 2.38 bits per heavy atom. The van der Waals surface area contributed by atoms with E-state index in [4.69, 9.17) is 4.74 Å². The molecule has 1 atom stereocenters. The second-order valence-corrected chi connectivity index (χ2v) is 3.89. The van der Waals surface area contributed by atoms with Crippen LogP contribution in [0.5, 0.6) is 0 Å². The van der Waals surface area contributed by atoms with Crippen molar-refractivity contribution in [1.82, 2.24) is 10.2 Å². The highest BCUT2D eigenvalue weighted by atomic mass is 16.5. The summed E-state index contributed by atoms with van der Waals surface area (Å²) in [5.41, 5.74) is 0. The lowest BCUT2D eigenvalue weighted by atomic mass is 10.2. The van der Waals surface area contributed by atoms with Crippen molar-refractivity contribution in [1.29, 1.82) is 0 Å². The fourth-order valence-electron chi connectivity index (χ4n) is 1.71. The number of carbonyl (C=O) groups is 1. The molecule has 4 nitrogen and oxygen atoms in total. The number of hydrogen-bond donors (Lipinski definition) is 1. The van der Waals surface area contributed by atoms with Gasteiger partial charge in [-0.2, -0.15) is 0 Å². The van der Waals surface area contributed by atoms with Crippen LogP contribution in [0.25, 0.3) is 0 Å². The summed E-state index contributed by atoms with van der Waals surface area (Å²) in [6, 6.07) is 0.287. The number of nitrogens with zero attached hydrogens (tertiary/aromatic N) is 1. The summed E-state index contributed by atoms with van der Waals surface area (Å²) in [7, 11) is 1.69. The zero-order chi connectivity index (χ0) is 12.4. The molecule has 0 rings (SSSR count). The van der Waals surface area contributed by atoms with Crippen LogP contribution in [0.3, 0.4) is 0 Å². The molecule has 0 bridgehead atoms. The summed E-state index contributed by atoms with van der Waals surface area (Å²) in [5, 5.41) is 3.25. The molecule has 0 saturated heterocycles. The van der Waals surface area contributed by atoms with E-state index in [0.29, 0.717) is 13.2 Å². The van der Waals surface area contributed by atoms with E-state index in [-0.39, 0.29) is 11.9 Å². The van der Waals surface area contributed by atoms with E-state index in [2.05, 4.69) is 12.2 Å². The van der Waals surface area contributed by atoms with Gasteiger partial charge in [-0.3, -0.25) is 4.79 Å². The van der Waals surface area contributed by atoms with Crippen LogP contribution >= 0.6 is 0 Å². The third-order valence-corrected chi connectivity index (χ3v) is 2.66. The summed E-state index contributed by atoms with van der Waals surface area (Å²) in [6.07, 6.45) is 2.14. The second-order valence-electron chi connectivity index (χ2n) is 3.89. The van der Waals surface area contributed by atoms with Crippen molar-refractivity contribution < 1.29 is 9.53 Å². The Balaban J connectivity index is 3.93. The monoisotopic (exact) mass is 230 g/mol. The number of methoxy groups -OCH3 is 1. The lowest BCUT2D eigenvalue weighted by Gasteiger charge is -2.22. The quantitative estimate of drug-likeness (QED) is 0.648.